The summed E-state index contributed by atoms with van der Waals surface area (Å²) < 4.78 is 32.5. The highest BCUT2D eigenvalue weighted by Crippen LogP contribution is 2.22. The molecule has 0 heterocycles. The quantitative estimate of drug-likeness (QED) is 0.0445. The van der Waals surface area contributed by atoms with Gasteiger partial charge in [-0.3, -0.25) is 0 Å². The fourth-order valence-electron chi connectivity index (χ4n) is 4.65. The molecular formula is C40H46O10. The Labute approximate surface area is 294 Å². The molecule has 0 bridgehead atoms. The van der Waals surface area contributed by atoms with E-state index in [-0.39, 0.29) is 5.75 Å². The second-order valence-electron chi connectivity index (χ2n) is 11.8. The molecular weight excluding hydrogens is 640 g/mol. The monoisotopic (exact) mass is 686 g/mol. The minimum atomic E-state index is -0.553. The van der Waals surface area contributed by atoms with Gasteiger partial charge in [0.2, 0.25) is 0 Å². The van der Waals surface area contributed by atoms with Gasteiger partial charge in [0.25, 0.3) is 0 Å². The van der Waals surface area contributed by atoms with Gasteiger partial charge < -0.3 is 28.4 Å². The third kappa shape index (κ3) is 14.8. The second-order valence-corrected chi connectivity index (χ2v) is 11.8. The molecule has 0 saturated heterocycles. The molecule has 50 heavy (non-hydrogen) atoms. The molecule has 10 heteroatoms. The first-order valence-corrected chi connectivity index (χ1v) is 16.7. The summed E-state index contributed by atoms with van der Waals surface area (Å²) in [7, 11) is 0. The molecule has 3 aromatic carbocycles. The van der Waals surface area contributed by atoms with Gasteiger partial charge in [-0.15, -0.1) is 0 Å². The van der Waals surface area contributed by atoms with Crippen LogP contribution in [0.2, 0.25) is 0 Å². The molecule has 0 aliphatic heterocycles. The zero-order chi connectivity index (χ0) is 36.1. The smallest absolute Gasteiger partial charge is 0.343 e. The summed E-state index contributed by atoms with van der Waals surface area (Å²) in [6, 6.07) is 19.6. The summed E-state index contributed by atoms with van der Waals surface area (Å²) >= 11 is 0. The van der Waals surface area contributed by atoms with Crippen LogP contribution in [0.15, 0.2) is 98.1 Å². The number of hydrogen-bond donors (Lipinski definition) is 0. The molecule has 0 aromatic heterocycles. The van der Waals surface area contributed by atoms with Crippen LogP contribution in [0.3, 0.4) is 0 Å². The van der Waals surface area contributed by atoms with Crippen molar-refractivity contribution < 1.29 is 47.6 Å². The highest BCUT2D eigenvalue weighted by atomic mass is 16.5. The van der Waals surface area contributed by atoms with E-state index in [1.165, 1.54) is 24.3 Å². The Kier molecular flexibility index (Phi) is 16.8. The first-order valence-electron chi connectivity index (χ1n) is 16.7. The lowest BCUT2D eigenvalue weighted by atomic mass is 10.0. The van der Waals surface area contributed by atoms with Crippen LogP contribution in [0.5, 0.6) is 23.0 Å². The number of benzene rings is 3. The second kappa shape index (κ2) is 21.6. The molecule has 2 atom stereocenters. The Morgan fingerprint density at radius 3 is 1.24 bits per heavy atom. The maximum Gasteiger partial charge on any atom is 0.343 e. The molecule has 2 unspecified atom stereocenters. The van der Waals surface area contributed by atoms with Gasteiger partial charge in [-0.05, 0) is 123 Å². The Morgan fingerprint density at radius 2 is 0.860 bits per heavy atom. The minimum absolute atomic E-state index is 0.284. The predicted molar refractivity (Wildman–Crippen MR) is 189 cm³/mol. The average Bonchev–Trinajstić information content (AvgIpc) is 3.13. The van der Waals surface area contributed by atoms with E-state index < -0.39 is 23.9 Å². The van der Waals surface area contributed by atoms with Crippen LogP contribution in [0.1, 0.15) is 73.1 Å². The zero-order valence-corrected chi connectivity index (χ0v) is 28.8. The molecule has 3 aromatic rings. The standard InChI is InChI=1S/C40H46O10/c1-5-37(41)47-25-7-9-29(3)23-27-45-33-15-11-31(12-16-33)39(43)49-35-17-13-32(14-18-35)40(44)50-36-21-19-34(20-22-36)46-28-24-30(4)10-8-26-48-38(42)6-2/h5-6,11-22,29-30H,1-2,7-10,23-28H2,3-4H3. The van der Waals surface area contributed by atoms with E-state index >= 15 is 0 Å². The van der Waals surface area contributed by atoms with Gasteiger partial charge in [0.1, 0.15) is 23.0 Å². The predicted octanol–water partition coefficient (Wildman–Crippen LogP) is 7.95. The largest absolute Gasteiger partial charge is 0.494 e. The van der Waals surface area contributed by atoms with Crippen molar-refractivity contribution in [2.24, 2.45) is 11.8 Å². The lowest BCUT2D eigenvalue weighted by molar-refractivity contribution is -0.138. The molecule has 0 amide bonds. The van der Waals surface area contributed by atoms with Gasteiger partial charge in [-0.2, -0.15) is 0 Å². The molecule has 0 aliphatic rings. The summed E-state index contributed by atoms with van der Waals surface area (Å²) in [5.74, 6) is 0.853. The lowest BCUT2D eigenvalue weighted by Gasteiger charge is -2.13. The molecule has 10 nitrogen and oxygen atoms in total. The molecule has 0 saturated carbocycles. The Morgan fingerprint density at radius 1 is 0.520 bits per heavy atom. The topological polar surface area (TPSA) is 124 Å². The number of carbonyl (C=O) groups excluding carboxylic acids is 4. The number of ether oxygens (including phenoxy) is 6. The summed E-state index contributed by atoms with van der Waals surface area (Å²) in [6.07, 6.45) is 7.38. The highest BCUT2D eigenvalue weighted by Gasteiger charge is 2.13. The van der Waals surface area contributed by atoms with Crippen molar-refractivity contribution in [3.05, 3.63) is 109 Å². The van der Waals surface area contributed by atoms with E-state index in [4.69, 9.17) is 28.4 Å². The lowest BCUT2D eigenvalue weighted by Crippen LogP contribution is -2.10. The molecule has 0 radical (unpaired) electrons. The van der Waals surface area contributed by atoms with Crippen molar-refractivity contribution in [3.8, 4) is 23.0 Å². The molecule has 266 valence electrons. The molecule has 3 rings (SSSR count). The van der Waals surface area contributed by atoms with Crippen LogP contribution in [-0.4, -0.2) is 50.3 Å². The normalized spacial score (nSPS) is 11.7. The molecule has 0 N–H and O–H groups in total. The average molecular weight is 687 g/mol. The summed E-state index contributed by atoms with van der Waals surface area (Å²) in [5, 5.41) is 0. The van der Waals surface area contributed by atoms with E-state index in [1.54, 1.807) is 48.5 Å². The maximum absolute atomic E-state index is 12.7. The third-order valence-corrected chi connectivity index (χ3v) is 7.69. The number of carbonyl (C=O) groups is 4. The van der Waals surface area contributed by atoms with E-state index in [2.05, 4.69) is 27.0 Å². The van der Waals surface area contributed by atoms with E-state index in [0.717, 1.165) is 50.7 Å². The fraction of sp³-hybridized carbons (Fsp3) is 0.350. The van der Waals surface area contributed by atoms with Crippen LogP contribution >= 0.6 is 0 Å². The Balaban J connectivity index is 1.35. The van der Waals surface area contributed by atoms with Gasteiger partial charge in [-0.25, -0.2) is 19.2 Å². The highest BCUT2D eigenvalue weighted by molar-refractivity contribution is 5.92. The van der Waals surface area contributed by atoms with Crippen molar-refractivity contribution in [3.63, 3.8) is 0 Å². The van der Waals surface area contributed by atoms with Crippen LogP contribution in [0, 0.1) is 11.8 Å². The van der Waals surface area contributed by atoms with Crippen molar-refractivity contribution in [1.29, 1.82) is 0 Å². The molecule has 0 fully saturated rings. The van der Waals surface area contributed by atoms with E-state index in [1.807, 2.05) is 0 Å². The van der Waals surface area contributed by atoms with Crippen LogP contribution in [0.4, 0.5) is 0 Å². The summed E-state index contributed by atoms with van der Waals surface area (Å²) in [5.41, 5.74) is 0.652. The summed E-state index contributed by atoms with van der Waals surface area (Å²) in [6.45, 7) is 12.8. The first kappa shape index (κ1) is 39.1. The Hall–Kier alpha value is -5.38. The van der Waals surface area contributed by atoms with Gasteiger partial charge in [0.05, 0.1) is 37.6 Å². The van der Waals surface area contributed by atoms with Gasteiger partial charge in [0, 0.05) is 12.2 Å². The maximum atomic E-state index is 12.7. The van der Waals surface area contributed by atoms with Crippen LogP contribution < -0.4 is 18.9 Å². The third-order valence-electron chi connectivity index (χ3n) is 7.69. The van der Waals surface area contributed by atoms with Crippen molar-refractivity contribution >= 4 is 23.9 Å². The summed E-state index contributed by atoms with van der Waals surface area (Å²) in [4.78, 5) is 47.5. The van der Waals surface area contributed by atoms with Crippen molar-refractivity contribution in [1.82, 2.24) is 0 Å². The van der Waals surface area contributed by atoms with Crippen molar-refractivity contribution in [2.45, 2.75) is 52.4 Å². The van der Waals surface area contributed by atoms with E-state index in [0.29, 0.717) is 66.6 Å². The number of rotatable bonds is 22. The number of esters is 4. The minimum Gasteiger partial charge on any atom is -0.494 e. The van der Waals surface area contributed by atoms with Gasteiger partial charge in [0.15, 0.2) is 0 Å². The van der Waals surface area contributed by atoms with Crippen molar-refractivity contribution in [2.75, 3.05) is 26.4 Å². The first-order chi connectivity index (χ1) is 24.2. The SMILES string of the molecule is C=CC(=O)OCCCC(C)CCOc1ccc(OC(=O)c2ccc(OC(=O)c3ccc(OCCC(C)CCCOC(=O)C=C)cc3)cc2)cc1. The van der Waals surface area contributed by atoms with E-state index in [9.17, 15) is 19.2 Å². The van der Waals surface area contributed by atoms with Gasteiger partial charge in [-0.1, -0.05) is 27.0 Å². The zero-order valence-electron chi connectivity index (χ0n) is 28.8. The van der Waals surface area contributed by atoms with Crippen LogP contribution in [0.25, 0.3) is 0 Å². The van der Waals surface area contributed by atoms with Gasteiger partial charge >= 0.3 is 23.9 Å². The molecule has 0 spiro atoms. The Bertz CT molecular complexity index is 1530. The van der Waals surface area contributed by atoms with Crippen LogP contribution in [-0.2, 0) is 19.1 Å². The molecule has 0 aliphatic carbocycles. The number of hydrogen-bond acceptors (Lipinski definition) is 10. The fourth-order valence-corrected chi connectivity index (χ4v) is 4.65.